The standard InChI is InChI=1S/C20H26N2O5/c1-20(2,3)27-18(24)21-11-15-9-10-16(17(21)12-23)22(15)19(25)26-13-14-7-5-4-6-8-14/h4-8,12,15-17H,9-11,13H2,1-3H3/t15-,16+,17-/m0/s1. The fraction of sp³-hybridized carbons (Fsp3) is 0.550. The second kappa shape index (κ2) is 7.58. The average molecular weight is 374 g/mol. The first kappa shape index (κ1) is 19.2. The van der Waals surface area contributed by atoms with Crippen molar-refractivity contribution in [2.75, 3.05) is 6.54 Å². The molecule has 2 bridgehead atoms. The third kappa shape index (κ3) is 4.23. The highest BCUT2D eigenvalue weighted by Gasteiger charge is 2.51. The van der Waals surface area contributed by atoms with E-state index in [2.05, 4.69) is 0 Å². The predicted molar refractivity (Wildman–Crippen MR) is 98.1 cm³/mol. The van der Waals surface area contributed by atoms with E-state index in [1.54, 1.807) is 25.7 Å². The number of fused-ring (bicyclic) bond motifs is 2. The van der Waals surface area contributed by atoms with E-state index in [9.17, 15) is 14.4 Å². The number of carbonyl (C=O) groups excluding carboxylic acids is 3. The Labute approximate surface area is 159 Å². The molecule has 2 aliphatic heterocycles. The molecule has 2 saturated heterocycles. The van der Waals surface area contributed by atoms with E-state index in [0.29, 0.717) is 6.42 Å². The predicted octanol–water partition coefficient (Wildman–Crippen LogP) is 2.97. The van der Waals surface area contributed by atoms with E-state index in [0.717, 1.165) is 18.3 Å². The summed E-state index contributed by atoms with van der Waals surface area (Å²) in [4.78, 5) is 40.0. The fourth-order valence-electron chi connectivity index (χ4n) is 3.74. The first-order valence-corrected chi connectivity index (χ1v) is 9.24. The lowest BCUT2D eigenvalue weighted by atomic mass is 10.1. The molecule has 2 amide bonds. The van der Waals surface area contributed by atoms with E-state index < -0.39 is 23.8 Å². The van der Waals surface area contributed by atoms with E-state index in [1.165, 1.54) is 4.90 Å². The largest absolute Gasteiger partial charge is 0.445 e. The minimum absolute atomic E-state index is 0.165. The number of amides is 2. The normalized spacial score (nSPS) is 24.5. The van der Waals surface area contributed by atoms with Gasteiger partial charge in [0.15, 0.2) is 0 Å². The van der Waals surface area contributed by atoms with Crippen LogP contribution in [-0.2, 0) is 20.9 Å². The molecular formula is C20H26N2O5. The van der Waals surface area contributed by atoms with Gasteiger partial charge in [-0.25, -0.2) is 9.59 Å². The molecule has 1 aromatic rings. The summed E-state index contributed by atoms with van der Waals surface area (Å²) < 4.78 is 10.9. The first-order valence-electron chi connectivity index (χ1n) is 9.24. The molecule has 7 nitrogen and oxygen atoms in total. The van der Waals surface area contributed by atoms with Gasteiger partial charge in [0.25, 0.3) is 0 Å². The number of aldehydes is 1. The van der Waals surface area contributed by atoms with E-state index in [4.69, 9.17) is 9.47 Å². The van der Waals surface area contributed by atoms with Gasteiger partial charge in [-0.15, -0.1) is 0 Å². The molecule has 2 heterocycles. The maximum Gasteiger partial charge on any atom is 0.411 e. The minimum Gasteiger partial charge on any atom is -0.445 e. The van der Waals surface area contributed by atoms with Crippen molar-refractivity contribution in [3.8, 4) is 0 Å². The minimum atomic E-state index is -0.720. The molecule has 0 aliphatic carbocycles. The average Bonchev–Trinajstić information content (AvgIpc) is 2.93. The molecule has 7 heteroatoms. The maximum atomic E-state index is 12.7. The van der Waals surface area contributed by atoms with Crippen LogP contribution in [0.4, 0.5) is 9.59 Å². The van der Waals surface area contributed by atoms with Crippen LogP contribution in [0.1, 0.15) is 39.2 Å². The van der Waals surface area contributed by atoms with Crippen molar-refractivity contribution in [2.24, 2.45) is 0 Å². The quantitative estimate of drug-likeness (QED) is 0.760. The van der Waals surface area contributed by atoms with Crippen molar-refractivity contribution < 1.29 is 23.9 Å². The molecule has 0 spiro atoms. The summed E-state index contributed by atoms with van der Waals surface area (Å²) in [5.41, 5.74) is 0.257. The molecule has 27 heavy (non-hydrogen) atoms. The molecule has 0 radical (unpaired) electrons. The van der Waals surface area contributed by atoms with Crippen LogP contribution in [-0.4, -0.2) is 58.5 Å². The van der Waals surface area contributed by atoms with Crippen LogP contribution in [0.15, 0.2) is 30.3 Å². The highest BCUT2D eigenvalue weighted by molar-refractivity contribution is 5.77. The Kier molecular flexibility index (Phi) is 5.39. The van der Waals surface area contributed by atoms with Crippen molar-refractivity contribution in [2.45, 2.75) is 63.9 Å². The monoisotopic (exact) mass is 374 g/mol. The van der Waals surface area contributed by atoms with Gasteiger partial charge in [-0.05, 0) is 39.2 Å². The summed E-state index contributed by atoms with van der Waals surface area (Å²) in [6, 6.07) is 8.18. The summed E-state index contributed by atoms with van der Waals surface area (Å²) in [5, 5.41) is 0. The van der Waals surface area contributed by atoms with Crippen LogP contribution in [0.25, 0.3) is 0 Å². The molecule has 0 unspecified atom stereocenters. The molecule has 146 valence electrons. The Morgan fingerprint density at radius 2 is 1.85 bits per heavy atom. The van der Waals surface area contributed by atoms with Crippen LogP contribution in [0, 0.1) is 0 Å². The Bertz CT molecular complexity index is 700. The lowest BCUT2D eigenvalue weighted by Crippen LogP contribution is -2.63. The number of hydrogen-bond acceptors (Lipinski definition) is 5. The SMILES string of the molecule is CC(C)(C)OC(=O)N1C[C@@H]2CC[C@H]([C@@H]1C=O)N2C(=O)OCc1ccccc1. The number of benzene rings is 1. The van der Waals surface area contributed by atoms with Crippen LogP contribution >= 0.6 is 0 Å². The molecule has 1 aromatic carbocycles. The van der Waals surface area contributed by atoms with Gasteiger partial charge in [-0.2, -0.15) is 0 Å². The van der Waals surface area contributed by atoms with E-state index in [-0.39, 0.29) is 25.2 Å². The summed E-state index contributed by atoms with van der Waals surface area (Å²) >= 11 is 0. The summed E-state index contributed by atoms with van der Waals surface area (Å²) in [7, 11) is 0. The van der Waals surface area contributed by atoms with Gasteiger partial charge in [0.05, 0.1) is 12.1 Å². The van der Waals surface area contributed by atoms with Gasteiger partial charge >= 0.3 is 12.2 Å². The van der Waals surface area contributed by atoms with Crippen molar-refractivity contribution in [1.82, 2.24) is 9.80 Å². The zero-order chi connectivity index (χ0) is 19.6. The van der Waals surface area contributed by atoms with Gasteiger partial charge in [0.2, 0.25) is 0 Å². The molecule has 3 rings (SSSR count). The number of carbonyl (C=O) groups is 3. The van der Waals surface area contributed by atoms with Crippen LogP contribution in [0.5, 0.6) is 0 Å². The summed E-state index contributed by atoms with van der Waals surface area (Å²) in [6.07, 6.45) is 1.16. The van der Waals surface area contributed by atoms with Gasteiger partial charge < -0.3 is 14.3 Å². The maximum absolute atomic E-state index is 12.7. The van der Waals surface area contributed by atoms with Crippen molar-refractivity contribution >= 4 is 18.5 Å². The number of hydrogen-bond donors (Lipinski definition) is 0. The van der Waals surface area contributed by atoms with Crippen molar-refractivity contribution in [3.63, 3.8) is 0 Å². The zero-order valence-corrected chi connectivity index (χ0v) is 16.0. The lowest BCUT2D eigenvalue weighted by molar-refractivity contribution is -0.116. The number of nitrogens with zero attached hydrogens (tertiary/aromatic N) is 2. The molecule has 2 aliphatic rings. The first-order chi connectivity index (χ1) is 12.8. The van der Waals surface area contributed by atoms with E-state index in [1.807, 2.05) is 30.3 Å². The molecular weight excluding hydrogens is 348 g/mol. The Balaban J connectivity index is 1.68. The second-order valence-corrected chi connectivity index (χ2v) is 8.01. The third-order valence-electron chi connectivity index (χ3n) is 4.89. The summed E-state index contributed by atoms with van der Waals surface area (Å²) in [6.45, 7) is 5.80. The van der Waals surface area contributed by atoms with Gasteiger partial charge in [0, 0.05) is 6.54 Å². The zero-order valence-electron chi connectivity index (χ0n) is 16.0. The van der Waals surface area contributed by atoms with E-state index >= 15 is 0 Å². The molecule has 0 N–H and O–H groups in total. The molecule has 3 atom stereocenters. The number of rotatable bonds is 3. The van der Waals surface area contributed by atoms with Gasteiger partial charge in [0.1, 0.15) is 24.5 Å². The third-order valence-corrected chi connectivity index (χ3v) is 4.89. The lowest BCUT2D eigenvalue weighted by Gasteiger charge is -2.44. The highest BCUT2D eigenvalue weighted by Crippen LogP contribution is 2.35. The van der Waals surface area contributed by atoms with Gasteiger partial charge in [-0.1, -0.05) is 30.3 Å². The molecule has 0 saturated carbocycles. The number of likely N-dealkylation sites (tertiary alicyclic amines) is 1. The second-order valence-electron chi connectivity index (χ2n) is 8.01. The number of piperazine rings is 1. The smallest absolute Gasteiger partial charge is 0.411 e. The Morgan fingerprint density at radius 3 is 2.48 bits per heavy atom. The fourth-order valence-corrected chi connectivity index (χ4v) is 3.74. The summed E-state index contributed by atoms with van der Waals surface area (Å²) in [5.74, 6) is 0. The van der Waals surface area contributed by atoms with Gasteiger partial charge in [-0.3, -0.25) is 9.80 Å². The van der Waals surface area contributed by atoms with Crippen LogP contribution in [0.2, 0.25) is 0 Å². The van der Waals surface area contributed by atoms with Crippen molar-refractivity contribution in [3.05, 3.63) is 35.9 Å². The van der Waals surface area contributed by atoms with Crippen molar-refractivity contribution in [1.29, 1.82) is 0 Å². The highest BCUT2D eigenvalue weighted by atomic mass is 16.6. The molecule has 0 aromatic heterocycles. The Hall–Kier alpha value is -2.57. The Morgan fingerprint density at radius 1 is 1.15 bits per heavy atom. The number of ether oxygens (including phenoxy) is 2. The topological polar surface area (TPSA) is 76.2 Å². The molecule has 2 fully saturated rings. The van der Waals surface area contributed by atoms with Crippen LogP contribution in [0.3, 0.4) is 0 Å². The van der Waals surface area contributed by atoms with Crippen LogP contribution < -0.4 is 0 Å².